The van der Waals surface area contributed by atoms with Crippen molar-refractivity contribution in [1.82, 2.24) is 13.5 Å². The Hall–Kier alpha value is -0.740. The molecule has 0 N–H and O–H groups in total. The van der Waals surface area contributed by atoms with Gasteiger partial charge in [-0.3, -0.25) is 9.69 Å². The molecule has 0 radical (unpaired) electrons. The standard InChI is InChI=1S/C15H29N3O5S/c1-5-22-15(19)14(4)16-6-8-17(9-7-16)24(20,21)18-10-12(2)23-13(3)11-18/h12-14H,5-11H2,1-4H3/t12-,13+,14-/m1/s1. The van der Waals surface area contributed by atoms with Gasteiger partial charge in [0.05, 0.1) is 18.8 Å². The lowest BCUT2D eigenvalue weighted by molar-refractivity contribution is -0.149. The van der Waals surface area contributed by atoms with Crippen LogP contribution in [0.5, 0.6) is 0 Å². The van der Waals surface area contributed by atoms with Crippen LogP contribution >= 0.6 is 0 Å². The van der Waals surface area contributed by atoms with Gasteiger partial charge in [0.2, 0.25) is 0 Å². The van der Waals surface area contributed by atoms with Gasteiger partial charge in [-0.2, -0.15) is 17.0 Å². The van der Waals surface area contributed by atoms with Crippen LogP contribution in [0.3, 0.4) is 0 Å². The van der Waals surface area contributed by atoms with Crippen LogP contribution < -0.4 is 0 Å². The third-order valence-electron chi connectivity index (χ3n) is 4.49. The van der Waals surface area contributed by atoms with Crippen molar-refractivity contribution >= 4 is 16.2 Å². The van der Waals surface area contributed by atoms with Crippen molar-refractivity contribution in [2.24, 2.45) is 0 Å². The summed E-state index contributed by atoms with van der Waals surface area (Å²) in [6, 6.07) is -0.349. The van der Waals surface area contributed by atoms with Gasteiger partial charge in [-0.15, -0.1) is 0 Å². The SMILES string of the molecule is CCOC(=O)[C@@H](C)N1CCN(S(=O)(=O)N2C[C@@H](C)O[C@@H](C)C2)CC1. The molecular formula is C15H29N3O5S. The van der Waals surface area contributed by atoms with Crippen LogP contribution in [-0.2, 0) is 24.5 Å². The van der Waals surface area contributed by atoms with E-state index in [1.165, 1.54) is 8.61 Å². The number of esters is 1. The van der Waals surface area contributed by atoms with Gasteiger partial charge in [0.15, 0.2) is 0 Å². The van der Waals surface area contributed by atoms with Crippen molar-refractivity contribution in [2.45, 2.75) is 45.9 Å². The average molecular weight is 363 g/mol. The Bertz CT molecular complexity index is 523. The number of carbonyl (C=O) groups excluding carboxylic acids is 1. The molecule has 0 aromatic rings. The smallest absolute Gasteiger partial charge is 0.323 e. The minimum Gasteiger partial charge on any atom is -0.465 e. The van der Waals surface area contributed by atoms with E-state index < -0.39 is 10.2 Å². The highest BCUT2D eigenvalue weighted by molar-refractivity contribution is 7.86. The predicted molar refractivity (Wildman–Crippen MR) is 89.7 cm³/mol. The van der Waals surface area contributed by atoms with Gasteiger partial charge in [-0.05, 0) is 27.7 Å². The summed E-state index contributed by atoms with van der Waals surface area (Å²) in [5, 5.41) is 0. The molecule has 0 aromatic carbocycles. The molecule has 140 valence electrons. The highest BCUT2D eigenvalue weighted by Crippen LogP contribution is 2.19. The molecular weight excluding hydrogens is 334 g/mol. The Balaban J connectivity index is 1.94. The summed E-state index contributed by atoms with van der Waals surface area (Å²) in [4.78, 5) is 13.8. The third-order valence-corrected chi connectivity index (χ3v) is 6.46. The van der Waals surface area contributed by atoms with Gasteiger partial charge < -0.3 is 9.47 Å². The predicted octanol–water partition coefficient (Wildman–Crippen LogP) is -0.0904. The Morgan fingerprint density at radius 1 is 1.12 bits per heavy atom. The molecule has 2 aliphatic rings. The first-order valence-corrected chi connectivity index (χ1v) is 9.96. The van der Waals surface area contributed by atoms with Crippen LogP contribution in [0.15, 0.2) is 0 Å². The Morgan fingerprint density at radius 3 is 2.17 bits per heavy atom. The number of carbonyl (C=O) groups is 1. The summed E-state index contributed by atoms with van der Waals surface area (Å²) in [7, 11) is -3.49. The molecule has 0 spiro atoms. The van der Waals surface area contributed by atoms with E-state index in [1.807, 2.05) is 18.7 Å². The molecule has 3 atom stereocenters. The zero-order valence-corrected chi connectivity index (χ0v) is 15.8. The number of ether oxygens (including phenoxy) is 2. The maximum atomic E-state index is 12.8. The topological polar surface area (TPSA) is 79.4 Å². The summed E-state index contributed by atoms with van der Waals surface area (Å²) in [5.41, 5.74) is 0. The lowest BCUT2D eigenvalue weighted by Gasteiger charge is -2.41. The van der Waals surface area contributed by atoms with Gasteiger partial charge in [0, 0.05) is 39.3 Å². The molecule has 24 heavy (non-hydrogen) atoms. The Morgan fingerprint density at radius 2 is 1.67 bits per heavy atom. The third kappa shape index (κ3) is 4.45. The van der Waals surface area contributed by atoms with Gasteiger partial charge in [-0.25, -0.2) is 0 Å². The zero-order valence-electron chi connectivity index (χ0n) is 15.0. The largest absolute Gasteiger partial charge is 0.465 e. The second-order valence-electron chi connectivity index (χ2n) is 6.45. The molecule has 0 saturated carbocycles. The maximum absolute atomic E-state index is 12.8. The van der Waals surface area contributed by atoms with Crippen LogP contribution in [0.2, 0.25) is 0 Å². The normalized spacial score (nSPS) is 29.3. The fraction of sp³-hybridized carbons (Fsp3) is 0.933. The molecule has 2 fully saturated rings. The van der Waals surface area contributed by atoms with Gasteiger partial charge in [0.25, 0.3) is 10.2 Å². The first kappa shape index (κ1) is 19.6. The molecule has 0 bridgehead atoms. The highest BCUT2D eigenvalue weighted by atomic mass is 32.2. The number of morpholine rings is 1. The molecule has 0 unspecified atom stereocenters. The van der Waals surface area contributed by atoms with Crippen molar-refractivity contribution in [3.8, 4) is 0 Å². The van der Waals surface area contributed by atoms with Gasteiger partial charge in [-0.1, -0.05) is 0 Å². The van der Waals surface area contributed by atoms with Crippen molar-refractivity contribution in [3.05, 3.63) is 0 Å². The molecule has 2 heterocycles. The lowest BCUT2D eigenvalue weighted by atomic mass is 10.2. The number of hydrogen-bond acceptors (Lipinski definition) is 6. The summed E-state index contributed by atoms with van der Waals surface area (Å²) in [5.74, 6) is -0.260. The van der Waals surface area contributed by atoms with Crippen molar-refractivity contribution in [1.29, 1.82) is 0 Å². The summed E-state index contributed by atoms with van der Waals surface area (Å²) in [6.07, 6.45) is -0.206. The second-order valence-corrected chi connectivity index (χ2v) is 8.37. The average Bonchev–Trinajstić information content (AvgIpc) is 2.53. The number of nitrogens with zero attached hydrogens (tertiary/aromatic N) is 3. The van der Waals surface area contributed by atoms with E-state index in [0.717, 1.165) is 0 Å². The fourth-order valence-electron chi connectivity index (χ4n) is 3.22. The minimum atomic E-state index is -3.49. The van der Waals surface area contributed by atoms with E-state index in [0.29, 0.717) is 45.9 Å². The van der Waals surface area contributed by atoms with Crippen LogP contribution in [0, 0.1) is 0 Å². The van der Waals surface area contributed by atoms with E-state index in [9.17, 15) is 13.2 Å². The monoisotopic (exact) mass is 363 g/mol. The first-order chi connectivity index (χ1) is 11.3. The number of piperazine rings is 1. The summed E-state index contributed by atoms with van der Waals surface area (Å²) < 4.78 is 39.3. The maximum Gasteiger partial charge on any atom is 0.323 e. The molecule has 0 aromatic heterocycles. The summed E-state index contributed by atoms with van der Waals surface area (Å²) >= 11 is 0. The molecule has 9 heteroatoms. The van der Waals surface area contributed by atoms with E-state index in [2.05, 4.69) is 0 Å². The molecule has 2 aliphatic heterocycles. The van der Waals surface area contributed by atoms with Crippen molar-refractivity contribution in [3.63, 3.8) is 0 Å². The Labute approximate surface area is 144 Å². The van der Waals surface area contributed by atoms with Crippen LogP contribution in [-0.4, -0.2) is 92.0 Å². The van der Waals surface area contributed by atoms with E-state index in [-0.39, 0.29) is 24.2 Å². The summed E-state index contributed by atoms with van der Waals surface area (Å²) in [6.45, 7) is 10.3. The van der Waals surface area contributed by atoms with Gasteiger partial charge >= 0.3 is 5.97 Å². The minimum absolute atomic E-state index is 0.103. The zero-order chi connectivity index (χ0) is 17.9. The molecule has 8 nitrogen and oxygen atoms in total. The van der Waals surface area contributed by atoms with E-state index >= 15 is 0 Å². The molecule has 2 rings (SSSR count). The Kier molecular flexibility index (Phi) is 6.60. The van der Waals surface area contributed by atoms with E-state index in [1.54, 1.807) is 13.8 Å². The molecule has 0 aliphatic carbocycles. The molecule has 0 amide bonds. The number of hydrogen-bond donors (Lipinski definition) is 0. The van der Waals surface area contributed by atoms with Crippen molar-refractivity contribution < 1.29 is 22.7 Å². The lowest BCUT2D eigenvalue weighted by Crippen LogP contribution is -2.58. The fourth-order valence-corrected chi connectivity index (χ4v) is 4.96. The van der Waals surface area contributed by atoms with Crippen LogP contribution in [0.25, 0.3) is 0 Å². The van der Waals surface area contributed by atoms with E-state index in [4.69, 9.17) is 9.47 Å². The molecule has 2 saturated heterocycles. The van der Waals surface area contributed by atoms with Gasteiger partial charge in [0.1, 0.15) is 6.04 Å². The highest BCUT2D eigenvalue weighted by Gasteiger charge is 2.37. The quantitative estimate of drug-likeness (QED) is 0.635. The first-order valence-electron chi connectivity index (χ1n) is 8.57. The van der Waals surface area contributed by atoms with Crippen molar-refractivity contribution in [2.75, 3.05) is 45.9 Å². The van der Waals surface area contributed by atoms with Crippen LogP contribution in [0.1, 0.15) is 27.7 Å². The number of rotatable bonds is 5. The second kappa shape index (κ2) is 8.09. The van der Waals surface area contributed by atoms with Crippen LogP contribution in [0.4, 0.5) is 0 Å².